The molecule has 2 nitrogen and oxygen atoms in total. The van der Waals surface area contributed by atoms with Crippen LogP contribution in [-0.2, 0) is 0 Å². The summed E-state index contributed by atoms with van der Waals surface area (Å²) >= 11 is 0. The van der Waals surface area contributed by atoms with Gasteiger partial charge in [-0.1, -0.05) is 25.5 Å². The van der Waals surface area contributed by atoms with Crippen LogP contribution >= 0.6 is 0 Å². The highest BCUT2D eigenvalue weighted by Crippen LogP contribution is 2.25. The van der Waals surface area contributed by atoms with Crippen molar-refractivity contribution >= 4 is 0 Å². The second kappa shape index (κ2) is 6.55. The fraction of sp³-hybridized carbons (Fsp3) is 0.867. The number of nitrogens with zero attached hydrogens (tertiary/aromatic N) is 2. The molecule has 0 N–H and O–H groups in total. The van der Waals surface area contributed by atoms with Crippen LogP contribution in [0.15, 0.2) is 12.2 Å². The molecule has 0 aromatic heterocycles. The van der Waals surface area contributed by atoms with Crippen LogP contribution in [0.25, 0.3) is 0 Å². The molecular formula is C15H28N2. The zero-order valence-corrected chi connectivity index (χ0v) is 11.6. The zero-order chi connectivity index (χ0) is 12.1. The molecule has 2 atom stereocenters. The maximum atomic E-state index is 2.75. The molecule has 0 aliphatic carbocycles. The van der Waals surface area contributed by atoms with Crippen LogP contribution in [0.1, 0.15) is 46.0 Å². The summed E-state index contributed by atoms with van der Waals surface area (Å²) in [6, 6.07) is 1.66. The summed E-state index contributed by atoms with van der Waals surface area (Å²) in [5, 5.41) is 0. The highest BCUT2D eigenvalue weighted by molar-refractivity contribution is 4.91. The third-order valence-electron chi connectivity index (χ3n) is 4.45. The molecule has 0 radical (unpaired) electrons. The molecule has 0 aromatic rings. The van der Waals surface area contributed by atoms with Crippen LogP contribution in [0.2, 0.25) is 0 Å². The van der Waals surface area contributed by atoms with E-state index in [1.54, 1.807) is 0 Å². The van der Waals surface area contributed by atoms with Gasteiger partial charge in [0, 0.05) is 31.7 Å². The smallest absolute Gasteiger partial charge is 0.0223 e. The van der Waals surface area contributed by atoms with Gasteiger partial charge in [0.25, 0.3) is 0 Å². The highest BCUT2D eigenvalue weighted by Gasteiger charge is 2.33. The number of allylic oxidation sites excluding steroid dienone is 1. The largest absolute Gasteiger partial charge is 0.298 e. The van der Waals surface area contributed by atoms with E-state index >= 15 is 0 Å². The van der Waals surface area contributed by atoms with Crippen LogP contribution in [0.3, 0.4) is 0 Å². The Morgan fingerprint density at radius 2 is 2.12 bits per heavy atom. The normalized spacial score (nSPS) is 31.9. The second-order valence-electron chi connectivity index (χ2n) is 5.56. The van der Waals surface area contributed by atoms with Gasteiger partial charge in [-0.3, -0.25) is 9.80 Å². The molecule has 2 heteroatoms. The first-order chi connectivity index (χ1) is 8.35. The predicted molar refractivity (Wildman–Crippen MR) is 74.3 cm³/mol. The summed E-state index contributed by atoms with van der Waals surface area (Å²) in [4.78, 5) is 5.50. The number of hydrogen-bond acceptors (Lipinski definition) is 2. The molecule has 98 valence electrons. The van der Waals surface area contributed by atoms with Crippen molar-refractivity contribution in [3.63, 3.8) is 0 Å². The Bertz CT molecular complexity index is 249. The van der Waals surface area contributed by atoms with E-state index in [9.17, 15) is 0 Å². The van der Waals surface area contributed by atoms with E-state index in [-0.39, 0.29) is 0 Å². The van der Waals surface area contributed by atoms with Gasteiger partial charge in [0.2, 0.25) is 0 Å². The lowest BCUT2D eigenvalue weighted by Gasteiger charge is -2.48. The molecule has 0 saturated carbocycles. The fourth-order valence-electron chi connectivity index (χ4n) is 3.38. The lowest BCUT2D eigenvalue weighted by atomic mass is 9.95. The SMILES string of the molecule is C/C=C/CCN1CC2CCCCN2CC1CC. The first-order valence-corrected chi connectivity index (χ1v) is 7.44. The van der Waals surface area contributed by atoms with Crippen LogP contribution in [0.5, 0.6) is 0 Å². The molecule has 0 aromatic carbocycles. The van der Waals surface area contributed by atoms with Crippen molar-refractivity contribution in [2.45, 2.75) is 58.0 Å². The third kappa shape index (κ3) is 3.32. The van der Waals surface area contributed by atoms with Crippen molar-refractivity contribution in [2.24, 2.45) is 0 Å². The quantitative estimate of drug-likeness (QED) is 0.693. The first-order valence-electron chi connectivity index (χ1n) is 7.44. The Labute approximate surface area is 107 Å². The molecule has 0 bridgehead atoms. The lowest BCUT2D eigenvalue weighted by molar-refractivity contribution is 0.00858. The van der Waals surface area contributed by atoms with E-state index in [1.165, 1.54) is 58.3 Å². The molecule has 2 fully saturated rings. The average molecular weight is 236 g/mol. The molecule has 17 heavy (non-hydrogen) atoms. The number of hydrogen-bond donors (Lipinski definition) is 0. The monoisotopic (exact) mass is 236 g/mol. The fourth-order valence-corrected chi connectivity index (χ4v) is 3.38. The maximum absolute atomic E-state index is 2.75. The molecule has 0 spiro atoms. The average Bonchev–Trinajstić information content (AvgIpc) is 2.38. The molecule has 2 rings (SSSR count). The van der Waals surface area contributed by atoms with Gasteiger partial charge in [-0.2, -0.15) is 0 Å². The predicted octanol–water partition coefficient (Wildman–Crippen LogP) is 2.90. The van der Waals surface area contributed by atoms with Crippen LogP contribution < -0.4 is 0 Å². The van der Waals surface area contributed by atoms with Crippen molar-refractivity contribution in [3.05, 3.63) is 12.2 Å². The molecule has 0 amide bonds. The second-order valence-corrected chi connectivity index (χ2v) is 5.56. The minimum Gasteiger partial charge on any atom is -0.298 e. The molecule has 2 aliphatic rings. The minimum absolute atomic E-state index is 0.801. The third-order valence-corrected chi connectivity index (χ3v) is 4.45. The maximum Gasteiger partial charge on any atom is 0.0223 e. The van der Waals surface area contributed by atoms with E-state index in [4.69, 9.17) is 0 Å². The summed E-state index contributed by atoms with van der Waals surface area (Å²) in [6.45, 7) is 9.71. The number of fused-ring (bicyclic) bond motifs is 1. The lowest BCUT2D eigenvalue weighted by Crippen LogP contribution is -2.59. The van der Waals surface area contributed by atoms with Gasteiger partial charge < -0.3 is 0 Å². The van der Waals surface area contributed by atoms with E-state index in [0.717, 1.165) is 12.1 Å². The molecule has 2 heterocycles. The highest BCUT2D eigenvalue weighted by atomic mass is 15.3. The van der Waals surface area contributed by atoms with Crippen LogP contribution in [0, 0.1) is 0 Å². The molecule has 2 aliphatic heterocycles. The van der Waals surface area contributed by atoms with Crippen molar-refractivity contribution in [2.75, 3.05) is 26.2 Å². The van der Waals surface area contributed by atoms with Gasteiger partial charge in [0.15, 0.2) is 0 Å². The van der Waals surface area contributed by atoms with E-state index in [2.05, 4.69) is 35.8 Å². The summed E-state index contributed by atoms with van der Waals surface area (Å²) in [7, 11) is 0. The molecule has 2 unspecified atom stereocenters. The summed E-state index contributed by atoms with van der Waals surface area (Å²) < 4.78 is 0. The van der Waals surface area contributed by atoms with E-state index < -0.39 is 0 Å². The van der Waals surface area contributed by atoms with Gasteiger partial charge in [0.1, 0.15) is 0 Å². The minimum atomic E-state index is 0.801. The van der Waals surface area contributed by atoms with E-state index in [1.807, 2.05) is 0 Å². The molecule has 2 saturated heterocycles. The Morgan fingerprint density at radius 3 is 2.88 bits per heavy atom. The van der Waals surface area contributed by atoms with Crippen LogP contribution in [0.4, 0.5) is 0 Å². The van der Waals surface area contributed by atoms with Crippen molar-refractivity contribution in [1.29, 1.82) is 0 Å². The number of piperazine rings is 1. The Kier molecular flexibility index (Phi) is 5.05. The Balaban J connectivity index is 1.90. The van der Waals surface area contributed by atoms with Crippen molar-refractivity contribution in [3.8, 4) is 0 Å². The van der Waals surface area contributed by atoms with Crippen molar-refractivity contribution in [1.82, 2.24) is 9.80 Å². The van der Waals surface area contributed by atoms with E-state index in [0.29, 0.717) is 0 Å². The van der Waals surface area contributed by atoms with Crippen molar-refractivity contribution < 1.29 is 0 Å². The Morgan fingerprint density at radius 1 is 1.24 bits per heavy atom. The number of piperidine rings is 1. The first kappa shape index (κ1) is 13.1. The van der Waals surface area contributed by atoms with Gasteiger partial charge in [0.05, 0.1) is 0 Å². The van der Waals surface area contributed by atoms with Gasteiger partial charge in [-0.05, 0) is 39.2 Å². The number of rotatable bonds is 4. The van der Waals surface area contributed by atoms with Gasteiger partial charge >= 0.3 is 0 Å². The zero-order valence-electron chi connectivity index (χ0n) is 11.6. The Hall–Kier alpha value is -0.340. The van der Waals surface area contributed by atoms with Gasteiger partial charge in [-0.15, -0.1) is 0 Å². The topological polar surface area (TPSA) is 6.48 Å². The summed E-state index contributed by atoms with van der Waals surface area (Å²) in [5.74, 6) is 0. The molecular weight excluding hydrogens is 208 g/mol. The summed E-state index contributed by atoms with van der Waals surface area (Å²) in [6.07, 6.45) is 11.3. The summed E-state index contributed by atoms with van der Waals surface area (Å²) in [5.41, 5.74) is 0. The van der Waals surface area contributed by atoms with Gasteiger partial charge in [-0.25, -0.2) is 0 Å². The van der Waals surface area contributed by atoms with Crippen LogP contribution in [-0.4, -0.2) is 48.1 Å². The standard InChI is InChI=1S/C15H28N2/c1-3-5-7-10-16-13-15-9-6-8-11-17(15)12-14(16)4-2/h3,5,14-15H,4,6-13H2,1-2H3/b5-3+.